The Morgan fingerprint density at radius 3 is 1.67 bits per heavy atom. The highest BCUT2D eigenvalue weighted by molar-refractivity contribution is 6.05. The second-order valence-electron chi connectivity index (χ2n) is 16.2. The molecule has 8 rings (SSSR count). The van der Waals surface area contributed by atoms with Crippen molar-refractivity contribution in [2.75, 3.05) is 37.1 Å². The zero-order valence-electron chi connectivity index (χ0n) is 38.2. The third kappa shape index (κ3) is 11.1. The molecule has 0 spiro atoms. The maximum Gasteiger partial charge on any atom is 0.417 e. The number of aliphatic hydroxyl groups is 3. The molecule has 374 valence electrons. The van der Waals surface area contributed by atoms with Crippen molar-refractivity contribution in [3.63, 3.8) is 0 Å². The van der Waals surface area contributed by atoms with Crippen LogP contribution < -0.4 is 20.1 Å². The van der Waals surface area contributed by atoms with Crippen LogP contribution >= 0.6 is 0 Å². The number of fused-ring (bicyclic) bond motifs is 2. The van der Waals surface area contributed by atoms with E-state index in [0.717, 1.165) is 21.2 Å². The average molecular weight is 1000 g/mol. The number of halogens is 6. The minimum absolute atomic E-state index is 0.0280. The molecule has 18 nitrogen and oxygen atoms in total. The van der Waals surface area contributed by atoms with Crippen molar-refractivity contribution in [3.05, 3.63) is 143 Å². The molecule has 2 aromatic carbocycles. The predicted octanol–water partition coefficient (Wildman–Crippen LogP) is 7.05. The molecule has 6 heterocycles. The lowest BCUT2D eigenvalue weighted by Crippen LogP contribution is -2.24. The molecule has 6 aromatic heterocycles. The number of ether oxygens (including phenoxy) is 3. The van der Waals surface area contributed by atoms with E-state index >= 15 is 0 Å². The quantitative estimate of drug-likeness (QED) is 0.0576. The summed E-state index contributed by atoms with van der Waals surface area (Å²) in [5, 5.41) is 44.4. The molecule has 5 N–H and O–H groups in total. The molecule has 24 heteroatoms. The number of pyridine rings is 2. The summed E-state index contributed by atoms with van der Waals surface area (Å²) in [7, 11) is 0. The van der Waals surface area contributed by atoms with Crippen molar-refractivity contribution in [1.82, 2.24) is 39.2 Å². The predicted molar refractivity (Wildman–Crippen MR) is 245 cm³/mol. The number of alkyl halides is 6. The van der Waals surface area contributed by atoms with E-state index < -0.39 is 67.3 Å². The van der Waals surface area contributed by atoms with Crippen molar-refractivity contribution in [2.45, 2.75) is 51.9 Å². The lowest BCUT2D eigenvalue weighted by atomic mass is 10.0. The Morgan fingerprint density at radius 1 is 0.653 bits per heavy atom. The normalized spacial score (nSPS) is 12.8. The molecule has 0 fully saturated rings. The SMILES string of the molecule is Cc1ccc(NC(=O)c2c(C)nc3c(OC[C@H](O)COCc4cncc(NC(=O)c5c(C)nc6c(OC[C@H](O)CO)cc(-c7ccccc7C(F)(F)F)nn56)c4)cc(-c4ccccc4C(F)(F)F)nn23)cn1. The molecule has 0 saturated heterocycles. The molecule has 0 aliphatic carbocycles. The monoisotopic (exact) mass is 1000 g/mol. The van der Waals surface area contributed by atoms with Gasteiger partial charge in [0.1, 0.15) is 25.4 Å². The largest absolute Gasteiger partial charge is 0.487 e. The van der Waals surface area contributed by atoms with Gasteiger partial charge in [0.25, 0.3) is 11.8 Å². The molecule has 2 amide bonds. The fourth-order valence-corrected chi connectivity index (χ4v) is 7.45. The van der Waals surface area contributed by atoms with Crippen LogP contribution in [-0.2, 0) is 23.7 Å². The summed E-state index contributed by atoms with van der Waals surface area (Å²) in [4.78, 5) is 44.7. The lowest BCUT2D eigenvalue weighted by molar-refractivity contribution is -0.137. The number of nitrogens with zero attached hydrogens (tertiary/aromatic N) is 8. The van der Waals surface area contributed by atoms with Crippen molar-refractivity contribution in [2.24, 2.45) is 0 Å². The van der Waals surface area contributed by atoms with Gasteiger partial charge in [-0.3, -0.25) is 19.6 Å². The summed E-state index contributed by atoms with van der Waals surface area (Å²) in [6.07, 6.45) is -8.04. The molecule has 2 atom stereocenters. The van der Waals surface area contributed by atoms with Crippen LogP contribution in [0.2, 0.25) is 0 Å². The topological polar surface area (TPSA) is 233 Å². The van der Waals surface area contributed by atoms with Crippen LogP contribution in [0.15, 0.2) is 97.5 Å². The van der Waals surface area contributed by atoms with Gasteiger partial charge in [0.2, 0.25) is 0 Å². The molecule has 0 saturated carbocycles. The van der Waals surface area contributed by atoms with E-state index in [0.29, 0.717) is 16.9 Å². The number of hydrogen-bond donors (Lipinski definition) is 5. The number of anilines is 2. The van der Waals surface area contributed by atoms with Gasteiger partial charge in [0, 0.05) is 35.2 Å². The van der Waals surface area contributed by atoms with Crippen LogP contribution in [0.5, 0.6) is 11.5 Å². The van der Waals surface area contributed by atoms with Crippen LogP contribution in [0.1, 0.15) is 54.7 Å². The van der Waals surface area contributed by atoms with Gasteiger partial charge in [-0.1, -0.05) is 36.4 Å². The van der Waals surface area contributed by atoms with Gasteiger partial charge in [-0.05, 0) is 56.7 Å². The van der Waals surface area contributed by atoms with Gasteiger partial charge in [-0.15, -0.1) is 0 Å². The Bertz CT molecular complexity index is 3290. The fraction of sp³-hybridized carbons (Fsp3) is 0.250. The Labute approximate surface area is 403 Å². The summed E-state index contributed by atoms with van der Waals surface area (Å²) < 4.78 is 104. The summed E-state index contributed by atoms with van der Waals surface area (Å²) in [6.45, 7) is 2.67. The first-order chi connectivity index (χ1) is 34.3. The van der Waals surface area contributed by atoms with Crippen LogP contribution in [-0.4, -0.2) is 105 Å². The number of aromatic nitrogens is 8. The van der Waals surface area contributed by atoms with Crippen LogP contribution in [0, 0.1) is 20.8 Å². The van der Waals surface area contributed by atoms with Gasteiger partial charge in [0.15, 0.2) is 34.2 Å². The first-order valence-electron chi connectivity index (χ1n) is 21.7. The van der Waals surface area contributed by atoms with E-state index in [1.165, 1.54) is 87.0 Å². The Balaban J connectivity index is 0.983. The van der Waals surface area contributed by atoms with Gasteiger partial charge in [0.05, 0.1) is 77.5 Å². The fourth-order valence-electron chi connectivity index (χ4n) is 7.45. The Kier molecular flexibility index (Phi) is 14.5. The highest BCUT2D eigenvalue weighted by Gasteiger charge is 2.36. The third-order valence-electron chi connectivity index (χ3n) is 10.8. The second kappa shape index (κ2) is 20.7. The van der Waals surface area contributed by atoms with E-state index in [9.17, 15) is 51.3 Å². The number of aryl methyl sites for hydroxylation is 3. The molecule has 72 heavy (non-hydrogen) atoms. The van der Waals surface area contributed by atoms with Crippen LogP contribution in [0.4, 0.5) is 37.7 Å². The second-order valence-corrected chi connectivity index (χ2v) is 16.2. The molecule has 0 bridgehead atoms. The van der Waals surface area contributed by atoms with Crippen molar-refractivity contribution in [3.8, 4) is 34.0 Å². The van der Waals surface area contributed by atoms with Gasteiger partial charge in [-0.2, -0.15) is 36.5 Å². The lowest BCUT2D eigenvalue weighted by Gasteiger charge is -2.16. The minimum Gasteiger partial charge on any atom is -0.487 e. The van der Waals surface area contributed by atoms with E-state index in [2.05, 4.69) is 40.8 Å². The third-order valence-corrected chi connectivity index (χ3v) is 10.8. The summed E-state index contributed by atoms with van der Waals surface area (Å²) in [5.74, 6) is -1.71. The van der Waals surface area contributed by atoms with Gasteiger partial charge < -0.3 is 40.2 Å². The minimum atomic E-state index is -4.77. The number of benzene rings is 2. The Morgan fingerprint density at radius 2 is 1.17 bits per heavy atom. The number of carbonyl (C=O) groups excluding carboxylic acids is 2. The summed E-state index contributed by atoms with van der Waals surface area (Å²) in [5.41, 5.74) is -1.57. The molecule has 0 unspecified atom stereocenters. The van der Waals surface area contributed by atoms with Crippen LogP contribution in [0.3, 0.4) is 0 Å². The molecule has 0 radical (unpaired) electrons. The number of nitrogens with one attached hydrogen (secondary N) is 2. The van der Waals surface area contributed by atoms with E-state index in [-0.39, 0.29) is 87.0 Å². The molecule has 0 aliphatic rings. The zero-order valence-corrected chi connectivity index (χ0v) is 38.2. The zero-order chi connectivity index (χ0) is 51.5. The smallest absolute Gasteiger partial charge is 0.417 e. The van der Waals surface area contributed by atoms with E-state index in [4.69, 9.17) is 14.2 Å². The van der Waals surface area contributed by atoms with Crippen molar-refractivity contribution < 1.29 is 65.5 Å². The highest BCUT2D eigenvalue weighted by Crippen LogP contribution is 2.40. The standard InChI is InChI=1S/C48H42F6N10O8/c1-25-12-13-29(19-56-25)59-45(68)41-26(2)57-44-40(16-38(61-63(41)44)34-9-5-7-11-36(34)48(52,53)54)72-24-32(67)22-70-21-28-14-30(18-55-17-28)60-46(69)42-27(3)58-43-39(71-23-31(66)20-65)15-37(62-64(42)43)33-8-4-6-10-35(33)47(49,50)51/h4-19,31-32,65-67H,20-24H2,1-3H3,(H,59,68)(H,60,69)/t31-,32-/m1/s1. The number of rotatable bonds is 17. The van der Waals surface area contributed by atoms with Crippen LogP contribution in [0.25, 0.3) is 33.8 Å². The van der Waals surface area contributed by atoms with Crippen molar-refractivity contribution in [1.29, 1.82) is 0 Å². The molecule has 0 aliphatic heterocycles. The maximum atomic E-state index is 14.2. The molecular formula is C48H42F6N10O8. The highest BCUT2D eigenvalue weighted by atomic mass is 19.4. The first kappa shape index (κ1) is 50.3. The first-order valence-corrected chi connectivity index (χ1v) is 21.7. The summed E-state index contributed by atoms with van der Waals surface area (Å²) >= 11 is 0. The van der Waals surface area contributed by atoms with Gasteiger partial charge in [-0.25, -0.2) is 19.0 Å². The summed E-state index contributed by atoms with van der Waals surface area (Å²) in [6, 6.07) is 16.6. The van der Waals surface area contributed by atoms with E-state index in [1.54, 1.807) is 19.1 Å². The maximum absolute atomic E-state index is 14.2. The number of carbonyl (C=O) groups is 2. The van der Waals surface area contributed by atoms with Crippen molar-refractivity contribution >= 4 is 34.5 Å². The Hall–Kier alpha value is -8.06. The molecule has 8 aromatic rings. The average Bonchev–Trinajstić information content (AvgIpc) is 3.87. The van der Waals surface area contributed by atoms with Gasteiger partial charge >= 0.3 is 12.4 Å². The molecular weight excluding hydrogens is 959 g/mol. The number of imidazole rings is 2. The number of amides is 2. The van der Waals surface area contributed by atoms with E-state index in [1.807, 2.05) is 0 Å². The number of hydrogen-bond acceptors (Lipinski definition) is 14. The number of aliphatic hydroxyl groups excluding tert-OH is 3.